The van der Waals surface area contributed by atoms with E-state index in [0.717, 1.165) is 12.8 Å². The molecule has 2 atom stereocenters. The number of halogens is 2. The maximum Gasteiger partial charge on any atom is 0.387 e. The number of nitrogens with one attached hydrogen (secondary N) is 1. The third-order valence-corrected chi connectivity index (χ3v) is 3.58. The Morgan fingerprint density at radius 2 is 2.08 bits per heavy atom. The molecule has 1 aromatic carbocycles. The molecule has 2 rings (SSSR count). The lowest BCUT2D eigenvalue weighted by Gasteiger charge is -2.16. The van der Waals surface area contributed by atoms with Gasteiger partial charge in [0.1, 0.15) is 5.75 Å². The van der Waals surface area contributed by atoms with E-state index in [2.05, 4.69) is 10.1 Å². The zero-order valence-corrected chi connectivity index (χ0v) is 13.2. The minimum Gasteiger partial charge on any atom is -0.453 e. The largest absolute Gasteiger partial charge is 0.453 e. The van der Waals surface area contributed by atoms with Gasteiger partial charge in [-0.1, -0.05) is 24.3 Å². The fourth-order valence-corrected chi connectivity index (χ4v) is 2.38. The number of para-hydroxylation sites is 2. The van der Waals surface area contributed by atoms with Crippen molar-refractivity contribution in [2.75, 3.05) is 5.32 Å². The van der Waals surface area contributed by atoms with Crippen LogP contribution in [0, 0.1) is 5.92 Å². The molecule has 0 aliphatic heterocycles. The van der Waals surface area contributed by atoms with Gasteiger partial charge in [-0.05, 0) is 37.8 Å². The maximum absolute atomic E-state index is 12.4. The van der Waals surface area contributed by atoms with Crippen molar-refractivity contribution in [3.8, 4) is 5.75 Å². The van der Waals surface area contributed by atoms with Gasteiger partial charge in [-0.15, -0.1) is 0 Å². The molecule has 1 amide bonds. The van der Waals surface area contributed by atoms with Crippen LogP contribution in [0.25, 0.3) is 0 Å². The van der Waals surface area contributed by atoms with E-state index in [4.69, 9.17) is 4.74 Å². The molecule has 0 saturated carbocycles. The van der Waals surface area contributed by atoms with Crippen LogP contribution < -0.4 is 10.1 Å². The van der Waals surface area contributed by atoms with Crippen molar-refractivity contribution >= 4 is 17.6 Å². The smallest absolute Gasteiger partial charge is 0.387 e. The Bertz CT molecular complexity index is 618. The van der Waals surface area contributed by atoms with Crippen molar-refractivity contribution in [3.05, 3.63) is 36.4 Å². The fourth-order valence-electron chi connectivity index (χ4n) is 2.38. The number of alkyl halides is 2. The summed E-state index contributed by atoms with van der Waals surface area (Å²) in [5, 5.41) is 2.43. The van der Waals surface area contributed by atoms with Gasteiger partial charge in [0.15, 0.2) is 6.10 Å². The van der Waals surface area contributed by atoms with Gasteiger partial charge in [0.05, 0.1) is 12.1 Å². The fraction of sp³-hybridized carbons (Fsp3) is 0.412. The van der Waals surface area contributed by atoms with E-state index in [1.54, 1.807) is 6.07 Å². The number of hydrogen-bond acceptors (Lipinski definition) is 4. The van der Waals surface area contributed by atoms with Crippen molar-refractivity contribution in [2.45, 2.75) is 38.9 Å². The molecule has 130 valence electrons. The zero-order valence-electron chi connectivity index (χ0n) is 13.2. The molecule has 0 aromatic heterocycles. The van der Waals surface area contributed by atoms with Crippen molar-refractivity contribution < 1.29 is 27.8 Å². The van der Waals surface area contributed by atoms with E-state index in [1.165, 1.54) is 25.1 Å². The molecule has 0 saturated heterocycles. The summed E-state index contributed by atoms with van der Waals surface area (Å²) < 4.78 is 34.1. The van der Waals surface area contributed by atoms with Crippen LogP contribution in [0.15, 0.2) is 36.4 Å². The topological polar surface area (TPSA) is 64.6 Å². The van der Waals surface area contributed by atoms with Gasteiger partial charge in [0.2, 0.25) is 0 Å². The highest BCUT2D eigenvalue weighted by Gasteiger charge is 2.22. The number of hydrogen-bond donors (Lipinski definition) is 1. The number of allylic oxidation sites excluding steroid dienone is 2. The van der Waals surface area contributed by atoms with Crippen LogP contribution in [-0.4, -0.2) is 24.6 Å². The van der Waals surface area contributed by atoms with Gasteiger partial charge in [0, 0.05) is 0 Å². The second kappa shape index (κ2) is 8.42. The predicted molar refractivity (Wildman–Crippen MR) is 83.7 cm³/mol. The number of amides is 1. The van der Waals surface area contributed by atoms with E-state index < -0.39 is 24.6 Å². The van der Waals surface area contributed by atoms with Gasteiger partial charge in [-0.2, -0.15) is 8.78 Å². The Balaban J connectivity index is 1.89. The van der Waals surface area contributed by atoms with Gasteiger partial charge in [-0.25, -0.2) is 0 Å². The first-order valence-corrected chi connectivity index (χ1v) is 7.66. The van der Waals surface area contributed by atoms with Crippen LogP contribution in [0.3, 0.4) is 0 Å². The summed E-state index contributed by atoms with van der Waals surface area (Å²) in [5.74, 6) is -1.09. The molecule has 24 heavy (non-hydrogen) atoms. The Morgan fingerprint density at radius 1 is 1.33 bits per heavy atom. The highest BCUT2D eigenvalue weighted by Crippen LogP contribution is 2.26. The zero-order chi connectivity index (χ0) is 17.5. The number of ether oxygens (including phenoxy) is 2. The van der Waals surface area contributed by atoms with Gasteiger partial charge in [-0.3, -0.25) is 9.59 Å². The predicted octanol–water partition coefficient (Wildman–Crippen LogP) is 3.51. The lowest BCUT2D eigenvalue weighted by atomic mass is 10.1. The van der Waals surface area contributed by atoms with E-state index in [1.807, 2.05) is 12.2 Å². The number of benzene rings is 1. The second-order valence-electron chi connectivity index (χ2n) is 5.47. The van der Waals surface area contributed by atoms with E-state index >= 15 is 0 Å². The first-order valence-electron chi connectivity index (χ1n) is 7.66. The van der Waals surface area contributed by atoms with E-state index in [0.29, 0.717) is 0 Å². The summed E-state index contributed by atoms with van der Waals surface area (Å²) in [6.45, 7) is -1.58. The molecule has 7 heteroatoms. The van der Waals surface area contributed by atoms with Crippen molar-refractivity contribution in [2.24, 2.45) is 5.92 Å². The molecule has 0 bridgehead atoms. The summed E-state index contributed by atoms with van der Waals surface area (Å²) in [5.41, 5.74) is 0.0874. The number of anilines is 1. The average molecular weight is 339 g/mol. The first kappa shape index (κ1) is 17.9. The van der Waals surface area contributed by atoms with Crippen molar-refractivity contribution in [3.63, 3.8) is 0 Å². The first-order chi connectivity index (χ1) is 11.5. The molecule has 1 aromatic rings. The molecular formula is C17H19F2NO4. The van der Waals surface area contributed by atoms with Gasteiger partial charge >= 0.3 is 12.6 Å². The SMILES string of the molecule is C[C@@H](OC(=O)C[C@@H]1C=CCC1)C(=O)Nc1ccccc1OC(F)F. The molecule has 0 unspecified atom stereocenters. The molecule has 1 aliphatic carbocycles. The van der Waals surface area contributed by atoms with Gasteiger partial charge < -0.3 is 14.8 Å². The average Bonchev–Trinajstić information content (AvgIpc) is 3.01. The number of carbonyl (C=O) groups is 2. The summed E-state index contributed by atoms with van der Waals surface area (Å²) >= 11 is 0. The number of rotatable bonds is 7. The van der Waals surface area contributed by atoms with Crippen molar-refractivity contribution in [1.82, 2.24) is 0 Å². The standard InChI is InChI=1S/C17H19F2NO4/c1-11(23-15(21)10-12-6-2-3-7-12)16(22)20-13-8-4-5-9-14(13)24-17(18)19/h2,4-6,8-9,11-12,17H,3,7,10H2,1H3,(H,20,22)/t11-,12-/m1/s1. The molecule has 1 aliphatic rings. The van der Waals surface area contributed by atoms with E-state index in [-0.39, 0.29) is 23.8 Å². The van der Waals surface area contributed by atoms with Crippen LogP contribution in [0.4, 0.5) is 14.5 Å². The summed E-state index contributed by atoms with van der Waals surface area (Å²) in [6.07, 6.45) is 4.99. The molecular weight excluding hydrogens is 320 g/mol. The quantitative estimate of drug-likeness (QED) is 0.610. The maximum atomic E-state index is 12.4. The third-order valence-electron chi connectivity index (χ3n) is 3.58. The lowest BCUT2D eigenvalue weighted by Crippen LogP contribution is -2.30. The molecule has 0 spiro atoms. The second-order valence-corrected chi connectivity index (χ2v) is 5.47. The van der Waals surface area contributed by atoms with Crippen LogP contribution in [0.5, 0.6) is 5.75 Å². The Kier molecular flexibility index (Phi) is 6.28. The minimum atomic E-state index is -3.00. The molecule has 0 radical (unpaired) electrons. The monoisotopic (exact) mass is 339 g/mol. The van der Waals surface area contributed by atoms with Crippen LogP contribution in [0.2, 0.25) is 0 Å². The normalized spacial score (nSPS) is 17.6. The Hall–Kier alpha value is -2.44. The molecule has 1 N–H and O–H groups in total. The third kappa shape index (κ3) is 5.33. The van der Waals surface area contributed by atoms with Crippen LogP contribution >= 0.6 is 0 Å². The molecule has 5 nitrogen and oxygen atoms in total. The molecule has 0 heterocycles. The summed E-state index contributed by atoms with van der Waals surface area (Å²) in [6, 6.07) is 5.81. The summed E-state index contributed by atoms with van der Waals surface area (Å²) in [7, 11) is 0. The Labute approximate surface area is 138 Å². The highest BCUT2D eigenvalue weighted by atomic mass is 19.3. The number of carbonyl (C=O) groups excluding carboxylic acids is 2. The summed E-state index contributed by atoms with van der Waals surface area (Å²) in [4.78, 5) is 23.9. The van der Waals surface area contributed by atoms with Gasteiger partial charge in [0.25, 0.3) is 5.91 Å². The highest BCUT2D eigenvalue weighted by molar-refractivity contribution is 5.96. The minimum absolute atomic E-state index is 0.0874. The van der Waals surface area contributed by atoms with E-state index in [9.17, 15) is 18.4 Å². The van der Waals surface area contributed by atoms with Crippen molar-refractivity contribution in [1.29, 1.82) is 0 Å². The number of esters is 1. The Morgan fingerprint density at radius 3 is 2.75 bits per heavy atom. The van der Waals surface area contributed by atoms with Crippen LogP contribution in [-0.2, 0) is 14.3 Å². The molecule has 0 fully saturated rings. The lowest BCUT2D eigenvalue weighted by molar-refractivity contribution is -0.153. The van der Waals surface area contributed by atoms with Crippen LogP contribution in [0.1, 0.15) is 26.2 Å².